The molecule has 3 aliphatic heterocycles. The molecule has 3 heterocycles. The van der Waals surface area contributed by atoms with Crippen molar-refractivity contribution in [1.82, 2.24) is 20.0 Å². The van der Waals surface area contributed by atoms with Crippen molar-refractivity contribution >= 4 is 21.8 Å². The molecule has 1 aromatic carbocycles. The van der Waals surface area contributed by atoms with Crippen LogP contribution in [-0.4, -0.2) is 85.5 Å². The van der Waals surface area contributed by atoms with Gasteiger partial charge in [0.2, 0.25) is 0 Å². The maximum atomic E-state index is 13.5. The third kappa shape index (κ3) is 4.53. The molecule has 3 saturated heterocycles. The van der Waals surface area contributed by atoms with Crippen molar-refractivity contribution < 1.29 is 22.4 Å². The molecule has 0 radical (unpaired) electrons. The SMILES string of the molecule is CCCC[C@]1(c2ccc(F)cc2)NC(=O)N(CN2CCN([C@@H]3CCS(=O)(=O)C3)CC2)C1=O. The molecule has 8 nitrogen and oxygen atoms in total. The maximum absolute atomic E-state index is 13.5. The summed E-state index contributed by atoms with van der Waals surface area (Å²) in [6, 6.07) is 5.40. The lowest BCUT2D eigenvalue weighted by molar-refractivity contribution is -0.133. The van der Waals surface area contributed by atoms with Crippen molar-refractivity contribution in [3.63, 3.8) is 0 Å². The smallest absolute Gasteiger partial charge is 0.319 e. The van der Waals surface area contributed by atoms with Gasteiger partial charge in [0.15, 0.2) is 9.84 Å². The minimum atomic E-state index is -2.93. The van der Waals surface area contributed by atoms with E-state index in [1.54, 1.807) is 12.1 Å². The number of imide groups is 1. The number of benzene rings is 1. The molecule has 1 aromatic rings. The van der Waals surface area contributed by atoms with Crippen molar-refractivity contribution in [2.24, 2.45) is 0 Å². The van der Waals surface area contributed by atoms with Crippen LogP contribution in [0.3, 0.4) is 0 Å². The highest BCUT2D eigenvalue weighted by molar-refractivity contribution is 7.91. The average Bonchev–Trinajstić information content (AvgIpc) is 3.25. The number of carbonyl (C=O) groups excluding carboxylic acids is 2. The summed E-state index contributed by atoms with van der Waals surface area (Å²) < 4.78 is 37.0. The molecule has 2 atom stereocenters. The summed E-state index contributed by atoms with van der Waals surface area (Å²) in [7, 11) is -2.93. The van der Waals surface area contributed by atoms with E-state index in [2.05, 4.69) is 15.1 Å². The highest BCUT2D eigenvalue weighted by atomic mass is 32.2. The lowest BCUT2D eigenvalue weighted by Gasteiger charge is -2.38. The van der Waals surface area contributed by atoms with Gasteiger partial charge in [0.25, 0.3) is 5.91 Å². The van der Waals surface area contributed by atoms with Gasteiger partial charge in [0.05, 0.1) is 18.2 Å². The third-order valence-electron chi connectivity index (χ3n) is 6.89. The van der Waals surface area contributed by atoms with Crippen LogP contribution in [0.15, 0.2) is 24.3 Å². The number of hydrogen-bond donors (Lipinski definition) is 1. The Balaban J connectivity index is 1.43. The first-order valence-electron chi connectivity index (χ1n) is 11.3. The van der Waals surface area contributed by atoms with Gasteiger partial charge in [-0.05, 0) is 30.5 Å². The van der Waals surface area contributed by atoms with Crippen molar-refractivity contribution in [2.75, 3.05) is 44.4 Å². The number of amides is 3. The number of rotatable bonds is 7. The number of unbranched alkanes of at least 4 members (excludes halogenated alkanes) is 1. The number of halogens is 1. The molecular formula is C22H31FN4O4S. The first kappa shape index (κ1) is 23.1. The van der Waals surface area contributed by atoms with Crippen molar-refractivity contribution in [1.29, 1.82) is 0 Å². The fraction of sp³-hybridized carbons (Fsp3) is 0.636. The maximum Gasteiger partial charge on any atom is 0.326 e. The Morgan fingerprint density at radius 3 is 2.41 bits per heavy atom. The van der Waals surface area contributed by atoms with Crippen LogP contribution in [0.5, 0.6) is 0 Å². The van der Waals surface area contributed by atoms with E-state index < -0.39 is 21.4 Å². The van der Waals surface area contributed by atoms with E-state index in [0.717, 1.165) is 12.8 Å². The zero-order valence-corrected chi connectivity index (χ0v) is 19.2. The van der Waals surface area contributed by atoms with Gasteiger partial charge in [0.1, 0.15) is 11.4 Å². The van der Waals surface area contributed by atoms with Crippen LogP contribution in [0.25, 0.3) is 0 Å². The molecular weight excluding hydrogens is 435 g/mol. The van der Waals surface area contributed by atoms with Gasteiger partial charge < -0.3 is 5.32 Å². The van der Waals surface area contributed by atoms with Crippen LogP contribution in [0.2, 0.25) is 0 Å². The summed E-state index contributed by atoms with van der Waals surface area (Å²) >= 11 is 0. The highest BCUT2D eigenvalue weighted by Gasteiger charge is 2.52. The van der Waals surface area contributed by atoms with Gasteiger partial charge in [-0.1, -0.05) is 31.9 Å². The average molecular weight is 467 g/mol. The Bertz CT molecular complexity index is 963. The normalized spacial score (nSPS) is 28.9. The van der Waals surface area contributed by atoms with E-state index in [1.165, 1.54) is 17.0 Å². The van der Waals surface area contributed by atoms with Gasteiger partial charge >= 0.3 is 6.03 Å². The van der Waals surface area contributed by atoms with E-state index in [4.69, 9.17) is 0 Å². The lowest BCUT2D eigenvalue weighted by Crippen LogP contribution is -2.54. The van der Waals surface area contributed by atoms with Gasteiger partial charge in [0, 0.05) is 32.2 Å². The minimum absolute atomic E-state index is 0.0686. The monoisotopic (exact) mass is 466 g/mol. The number of nitrogens with one attached hydrogen (secondary N) is 1. The van der Waals surface area contributed by atoms with E-state index in [9.17, 15) is 22.4 Å². The summed E-state index contributed by atoms with van der Waals surface area (Å²) in [5.41, 5.74) is -0.568. The molecule has 1 N–H and O–H groups in total. The van der Waals surface area contributed by atoms with Crippen LogP contribution in [0, 0.1) is 5.82 Å². The first-order valence-corrected chi connectivity index (χ1v) is 13.1. The third-order valence-corrected chi connectivity index (χ3v) is 8.64. The minimum Gasteiger partial charge on any atom is -0.319 e. The topological polar surface area (TPSA) is 90.0 Å². The Morgan fingerprint density at radius 1 is 1.12 bits per heavy atom. The molecule has 4 rings (SSSR count). The lowest BCUT2D eigenvalue weighted by atomic mass is 9.85. The van der Waals surface area contributed by atoms with Crippen molar-refractivity contribution in [3.05, 3.63) is 35.6 Å². The predicted molar refractivity (Wildman–Crippen MR) is 118 cm³/mol. The second-order valence-electron chi connectivity index (χ2n) is 9.03. The number of nitrogens with zero attached hydrogens (tertiary/aromatic N) is 3. The number of hydrogen-bond acceptors (Lipinski definition) is 6. The highest BCUT2D eigenvalue weighted by Crippen LogP contribution is 2.34. The summed E-state index contributed by atoms with van der Waals surface area (Å²) in [5, 5.41) is 2.90. The summed E-state index contributed by atoms with van der Waals surface area (Å²) in [5.74, 6) is -0.214. The molecule has 176 valence electrons. The molecule has 3 amide bonds. The largest absolute Gasteiger partial charge is 0.326 e. The van der Waals surface area contributed by atoms with Gasteiger partial charge in [-0.25, -0.2) is 22.5 Å². The fourth-order valence-corrected chi connectivity index (χ4v) is 6.74. The van der Waals surface area contributed by atoms with Crippen LogP contribution in [0.4, 0.5) is 9.18 Å². The summed E-state index contributed by atoms with van der Waals surface area (Å²) in [4.78, 5) is 31.8. The molecule has 0 bridgehead atoms. The van der Waals surface area contributed by atoms with Crippen molar-refractivity contribution in [3.8, 4) is 0 Å². The molecule has 0 unspecified atom stereocenters. The van der Waals surface area contributed by atoms with Crippen LogP contribution in [-0.2, 0) is 20.2 Å². The van der Waals surface area contributed by atoms with Gasteiger partial charge in [-0.3, -0.25) is 14.6 Å². The summed E-state index contributed by atoms with van der Waals surface area (Å²) in [6.07, 6.45) is 2.75. The molecule has 0 saturated carbocycles. The number of carbonyl (C=O) groups is 2. The quantitative estimate of drug-likeness (QED) is 0.613. The van der Waals surface area contributed by atoms with Gasteiger partial charge in [-0.2, -0.15) is 0 Å². The molecule has 0 aliphatic carbocycles. The Labute approximate surface area is 188 Å². The number of piperazine rings is 1. The van der Waals surface area contributed by atoms with E-state index >= 15 is 0 Å². The van der Waals surface area contributed by atoms with Crippen LogP contribution in [0.1, 0.15) is 38.2 Å². The Morgan fingerprint density at radius 2 is 1.81 bits per heavy atom. The molecule has 3 aliphatic rings. The standard InChI is InChI=1S/C22H31FN4O4S/c1-2-3-9-22(17-4-6-18(23)7-5-17)20(28)27(21(29)24-22)16-25-10-12-26(13-11-25)19-8-14-32(30,31)15-19/h4-7,19H,2-3,8-16H2,1H3,(H,24,29)/t19-,22-/m1/s1. The fourth-order valence-electron chi connectivity index (χ4n) is 4.97. The summed E-state index contributed by atoms with van der Waals surface area (Å²) in [6.45, 7) is 4.95. The van der Waals surface area contributed by atoms with E-state index in [1.807, 2.05) is 6.92 Å². The molecule has 10 heteroatoms. The van der Waals surface area contributed by atoms with Crippen LogP contribution < -0.4 is 5.32 Å². The predicted octanol–water partition coefficient (Wildman–Crippen LogP) is 1.53. The van der Waals surface area contributed by atoms with Crippen LogP contribution >= 0.6 is 0 Å². The molecule has 32 heavy (non-hydrogen) atoms. The zero-order valence-electron chi connectivity index (χ0n) is 18.4. The second kappa shape index (κ2) is 9.07. The van der Waals surface area contributed by atoms with Crippen molar-refractivity contribution in [2.45, 2.75) is 44.2 Å². The van der Waals surface area contributed by atoms with E-state index in [0.29, 0.717) is 44.6 Å². The molecule has 0 spiro atoms. The first-order chi connectivity index (χ1) is 15.2. The zero-order chi connectivity index (χ0) is 22.9. The molecule has 3 fully saturated rings. The molecule has 0 aromatic heterocycles. The Kier molecular flexibility index (Phi) is 6.56. The number of urea groups is 1. The van der Waals surface area contributed by atoms with E-state index in [-0.39, 0.29) is 35.9 Å². The van der Waals surface area contributed by atoms with Gasteiger partial charge in [-0.15, -0.1) is 0 Å². The Hall–Kier alpha value is -2.04. The number of sulfone groups is 1. The second-order valence-corrected chi connectivity index (χ2v) is 11.3.